The minimum Gasteiger partial charge on any atom is -0.285 e. The first-order valence-electron chi connectivity index (χ1n) is 6.59. The van der Waals surface area contributed by atoms with Crippen molar-refractivity contribution in [3.63, 3.8) is 0 Å². The lowest BCUT2D eigenvalue weighted by Gasteiger charge is -2.08. The molecule has 0 aliphatic carbocycles. The summed E-state index contributed by atoms with van der Waals surface area (Å²) in [5, 5.41) is 6.43. The highest BCUT2D eigenvalue weighted by molar-refractivity contribution is 6.15. The number of carbonyl (C=O) groups excluding carboxylic acids is 1. The van der Waals surface area contributed by atoms with Crippen molar-refractivity contribution in [2.24, 2.45) is 0 Å². The molecule has 93 valence electrons. The normalized spacial score (nSPS) is 11.2. The van der Waals surface area contributed by atoms with E-state index in [0.29, 0.717) is 5.56 Å². The topological polar surface area (TPSA) is 17.1 Å². The number of hydrogen-bond donors (Lipinski definition) is 0. The molecular weight excluding hydrogens is 244 g/mol. The van der Waals surface area contributed by atoms with E-state index in [0.717, 1.165) is 26.9 Å². The van der Waals surface area contributed by atoms with Gasteiger partial charge in [0.15, 0.2) is 0 Å². The summed E-state index contributed by atoms with van der Waals surface area (Å²) in [5.41, 5.74) is 0.656. The smallest absolute Gasteiger partial charge is 0.234 e. The second-order valence-corrected chi connectivity index (χ2v) is 5.00. The summed E-state index contributed by atoms with van der Waals surface area (Å²) in [4.78, 5) is 11.4. The van der Waals surface area contributed by atoms with Crippen LogP contribution in [0.15, 0.2) is 66.7 Å². The number of rotatable bonds is 1. The lowest BCUT2D eigenvalue weighted by Crippen LogP contribution is -1.88. The molecule has 1 nitrogen and oxygen atoms in total. The van der Waals surface area contributed by atoms with Crippen LogP contribution in [0.25, 0.3) is 32.3 Å². The fourth-order valence-corrected chi connectivity index (χ4v) is 2.87. The zero-order valence-corrected chi connectivity index (χ0v) is 10.8. The molecule has 0 N–H and O–H groups in total. The molecule has 0 fully saturated rings. The Morgan fingerprint density at radius 3 is 1.95 bits per heavy atom. The highest BCUT2D eigenvalue weighted by Gasteiger charge is 2.08. The van der Waals surface area contributed by atoms with Gasteiger partial charge in [0, 0.05) is 5.56 Å². The second-order valence-electron chi connectivity index (χ2n) is 5.00. The predicted octanol–water partition coefficient (Wildman–Crippen LogP) is 4.60. The van der Waals surface area contributed by atoms with Gasteiger partial charge in [-0.25, -0.2) is 0 Å². The van der Waals surface area contributed by atoms with Gasteiger partial charge in [0.1, 0.15) is 0 Å². The molecule has 0 heterocycles. The highest BCUT2D eigenvalue weighted by atomic mass is 16.1. The van der Waals surface area contributed by atoms with Crippen LogP contribution in [-0.4, -0.2) is 6.29 Å². The first-order valence-corrected chi connectivity index (χ1v) is 6.59. The largest absolute Gasteiger partial charge is 0.285 e. The zero-order chi connectivity index (χ0) is 13.5. The van der Waals surface area contributed by atoms with Crippen LogP contribution in [0.2, 0.25) is 0 Å². The van der Waals surface area contributed by atoms with Crippen LogP contribution in [0.5, 0.6) is 0 Å². The van der Waals surface area contributed by atoms with E-state index >= 15 is 0 Å². The van der Waals surface area contributed by atoms with Crippen LogP contribution in [0, 0.1) is 0 Å². The Hall–Kier alpha value is -2.67. The summed E-state index contributed by atoms with van der Waals surface area (Å²) < 4.78 is 0. The maximum absolute atomic E-state index is 11.4. The minimum absolute atomic E-state index is 0.656. The molecule has 0 saturated carbocycles. The van der Waals surface area contributed by atoms with Crippen LogP contribution in [0.1, 0.15) is 5.56 Å². The van der Waals surface area contributed by atoms with E-state index in [9.17, 15) is 4.79 Å². The highest BCUT2D eigenvalue weighted by Crippen LogP contribution is 2.30. The van der Waals surface area contributed by atoms with Crippen molar-refractivity contribution in [3.05, 3.63) is 72.3 Å². The second kappa shape index (κ2) is 4.17. The molecule has 0 spiro atoms. The van der Waals surface area contributed by atoms with E-state index in [1.54, 1.807) is 0 Å². The third kappa shape index (κ3) is 1.53. The zero-order valence-electron chi connectivity index (χ0n) is 10.8. The minimum atomic E-state index is 0.656. The van der Waals surface area contributed by atoms with Gasteiger partial charge in [-0.2, -0.15) is 0 Å². The third-order valence-electron chi connectivity index (χ3n) is 3.83. The van der Waals surface area contributed by atoms with Gasteiger partial charge < -0.3 is 0 Å². The monoisotopic (exact) mass is 255 g/mol. The summed E-state index contributed by atoms with van der Waals surface area (Å²) in [5.74, 6) is 0. The fraction of sp³-hybridized carbons (Fsp3) is 0. The lowest BCUT2D eigenvalue weighted by molar-refractivity contribution is 0.563. The Kier molecular flexibility index (Phi) is 2.33. The van der Waals surface area contributed by atoms with Gasteiger partial charge in [0.05, 0.1) is 0 Å². The van der Waals surface area contributed by atoms with E-state index in [-0.39, 0.29) is 0 Å². The van der Waals surface area contributed by atoms with E-state index in [4.69, 9.17) is 0 Å². The van der Waals surface area contributed by atoms with Crippen molar-refractivity contribution in [3.8, 4) is 0 Å². The van der Waals surface area contributed by atoms with Crippen LogP contribution in [0.4, 0.5) is 0 Å². The molecule has 4 aromatic carbocycles. The molecule has 0 amide bonds. The van der Waals surface area contributed by atoms with Crippen LogP contribution in [0.3, 0.4) is 0 Å². The van der Waals surface area contributed by atoms with Crippen LogP contribution in [-0.2, 0) is 4.79 Å². The van der Waals surface area contributed by atoms with Crippen molar-refractivity contribution >= 4 is 38.6 Å². The average molecular weight is 255 g/mol. The van der Waals surface area contributed by atoms with E-state index in [1.807, 2.05) is 36.4 Å². The third-order valence-corrected chi connectivity index (χ3v) is 3.83. The summed E-state index contributed by atoms with van der Waals surface area (Å²) >= 11 is 0. The molecule has 0 aliphatic heterocycles. The Morgan fingerprint density at radius 2 is 1.20 bits per heavy atom. The van der Waals surface area contributed by atoms with Gasteiger partial charge in [-0.1, -0.05) is 48.5 Å². The number of hydrogen-bond acceptors (Lipinski definition) is 1. The standard InChI is InChI=1S/C19H11O/c20-12-19-17-8-4-3-7-15(17)10-16-9-13-5-1-2-6-14(13)11-18(16)19/h1-11H. The molecule has 0 unspecified atom stereocenters. The molecule has 20 heavy (non-hydrogen) atoms. The molecule has 1 heteroatoms. The van der Waals surface area contributed by atoms with Crippen molar-refractivity contribution in [2.75, 3.05) is 0 Å². The Bertz CT molecular complexity index is 962. The number of fused-ring (bicyclic) bond motifs is 3. The summed E-state index contributed by atoms with van der Waals surface area (Å²) in [6, 6.07) is 22.5. The SMILES string of the molecule is O=[C]c1c2ccccc2cc2cc3ccccc3cc12. The molecule has 4 rings (SSSR count). The first-order chi connectivity index (χ1) is 9.86. The van der Waals surface area contributed by atoms with E-state index < -0.39 is 0 Å². The molecule has 1 radical (unpaired) electrons. The Morgan fingerprint density at radius 1 is 0.600 bits per heavy atom. The molecule has 0 aliphatic rings. The quantitative estimate of drug-likeness (QED) is 0.454. The maximum atomic E-state index is 11.4. The van der Waals surface area contributed by atoms with Gasteiger partial charge in [-0.05, 0) is 50.5 Å². The average Bonchev–Trinajstić information content (AvgIpc) is 2.50. The molecule has 0 atom stereocenters. The molecule has 0 saturated heterocycles. The Labute approximate surface area is 116 Å². The molecular formula is C19H11O. The van der Waals surface area contributed by atoms with Crippen molar-refractivity contribution in [1.29, 1.82) is 0 Å². The maximum Gasteiger partial charge on any atom is 0.234 e. The van der Waals surface area contributed by atoms with Crippen LogP contribution >= 0.6 is 0 Å². The van der Waals surface area contributed by atoms with E-state index in [2.05, 4.69) is 36.6 Å². The van der Waals surface area contributed by atoms with E-state index in [1.165, 1.54) is 5.39 Å². The van der Waals surface area contributed by atoms with Gasteiger partial charge in [-0.15, -0.1) is 0 Å². The summed E-state index contributed by atoms with van der Waals surface area (Å²) in [7, 11) is 0. The number of benzene rings is 4. The lowest BCUT2D eigenvalue weighted by atomic mass is 9.95. The summed E-state index contributed by atoms with van der Waals surface area (Å²) in [6.07, 6.45) is 2.13. The van der Waals surface area contributed by atoms with Gasteiger partial charge in [0.25, 0.3) is 0 Å². The fourth-order valence-electron chi connectivity index (χ4n) is 2.87. The molecule has 0 aromatic heterocycles. The van der Waals surface area contributed by atoms with Gasteiger partial charge in [-0.3, -0.25) is 4.79 Å². The Balaban J connectivity index is 2.28. The molecule has 4 aromatic rings. The predicted molar refractivity (Wildman–Crippen MR) is 83.8 cm³/mol. The molecule has 0 bridgehead atoms. The first kappa shape index (κ1) is 11.2. The van der Waals surface area contributed by atoms with Crippen LogP contribution < -0.4 is 0 Å². The van der Waals surface area contributed by atoms with Crippen molar-refractivity contribution in [1.82, 2.24) is 0 Å². The summed E-state index contributed by atoms with van der Waals surface area (Å²) in [6.45, 7) is 0. The van der Waals surface area contributed by atoms with Crippen molar-refractivity contribution < 1.29 is 4.79 Å². The van der Waals surface area contributed by atoms with Gasteiger partial charge >= 0.3 is 0 Å². The van der Waals surface area contributed by atoms with Crippen molar-refractivity contribution in [2.45, 2.75) is 0 Å². The van der Waals surface area contributed by atoms with Gasteiger partial charge in [0.2, 0.25) is 6.29 Å².